The molecule has 7 aromatic heterocycles. The zero-order chi connectivity index (χ0) is 77.6. The molecular weight excluding hydrogens is 1460 g/mol. The standard InChI is InChI=1S/C26H28FN5O4.C24H18FN3O3.C17H12FN3O3.C16H13ClN2O2/c1-17(33)32-11-9-31(10-12-32)8-3-13-35-24-14-19-21(15-23(24)34-2)29-16-30-26(19)36-22-5-4-20-18(25(22)27)6-7-28-20;1-29-21-12-19-17(11-22(21)30-13-15-5-3-2-4-6-15)24(28-14-27-19)31-20-8-7-18-16(23(20)25)9-10-26-18;1-23-15-7-12-10(6-13(15)22)17(21-8-20-12)24-14-3-2-11-9(16(14)18)4-5-19-11;1-20-14-8-13-12(16(17)19-10-18-13)7-15(14)21-9-11-5-3-2-4-6-11/h4-7,14-16,28H,3,8-13H2,1-2H3;2-12,14,26H,13H2,1H3;2-8,19,22H,1H3;2-8,10H,9H2,1H3. The van der Waals surface area contributed by atoms with Crippen LogP contribution in [0.1, 0.15) is 24.5 Å². The highest BCUT2D eigenvalue weighted by molar-refractivity contribution is 6.34. The van der Waals surface area contributed by atoms with Crippen molar-refractivity contribution in [3.63, 3.8) is 0 Å². The van der Waals surface area contributed by atoms with E-state index in [9.17, 15) is 23.1 Å². The van der Waals surface area contributed by atoms with E-state index in [-0.39, 0.29) is 52.3 Å². The second-order valence-electron chi connectivity index (χ2n) is 25.2. The number of benzene rings is 9. The summed E-state index contributed by atoms with van der Waals surface area (Å²) in [4.78, 5) is 58.0. The fourth-order valence-electron chi connectivity index (χ4n) is 12.4. The van der Waals surface area contributed by atoms with Crippen LogP contribution in [0.5, 0.6) is 80.9 Å². The van der Waals surface area contributed by atoms with Gasteiger partial charge in [0, 0.05) is 121 Å². The molecular formula is C83H71ClF3N13O12. The minimum absolute atomic E-state index is 0.0393. The van der Waals surface area contributed by atoms with Gasteiger partial charge in [-0.1, -0.05) is 72.3 Å². The van der Waals surface area contributed by atoms with Crippen LogP contribution in [0.2, 0.25) is 5.15 Å². The first-order valence-electron chi connectivity index (χ1n) is 35.1. The van der Waals surface area contributed by atoms with Crippen molar-refractivity contribution >= 4 is 93.8 Å². The van der Waals surface area contributed by atoms with E-state index in [4.69, 9.17) is 59.0 Å². The third-order valence-corrected chi connectivity index (χ3v) is 18.5. The maximum Gasteiger partial charge on any atom is 0.230 e. The Bertz CT molecular complexity index is 6020. The van der Waals surface area contributed by atoms with Crippen LogP contribution in [0, 0.1) is 17.5 Å². The van der Waals surface area contributed by atoms with Gasteiger partial charge in [0.15, 0.2) is 80.7 Å². The molecule has 4 N–H and O–H groups in total. The quantitative estimate of drug-likeness (QED) is 0.0384. The van der Waals surface area contributed by atoms with Crippen LogP contribution in [0.4, 0.5) is 13.2 Å². The predicted octanol–water partition coefficient (Wildman–Crippen LogP) is 17.2. The molecule has 17 rings (SSSR count). The Kier molecular flexibility index (Phi) is 23.2. The maximum absolute atomic E-state index is 14.9. The zero-order valence-corrected chi connectivity index (χ0v) is 61.7. The molecule has 112 heavy (non-hydrogen) atoms. The maximum atomic E-state index is 14.9. The van der Waals surface area contributed by atoms with E-state index in [0.29, 0.717) is 125 Å². The van der Waals surface area contributed by atoms with Gasteiger partial charge in [-0.25, -0.2) is 53.0 Å². The lowest BCUT2D eigenvalue weighted by Crippen LogP contribution is -2.48. The van der Waals surface area contributed by atoms with Crippen molar-refractivity contribution in [2.75, 3.05) is 67.8 Å². The summed E-state index contributed by atoms with van der Waals surface area (Å²) in [5.74, 6) is 3.08. The van der Waals surface area contributed by atoms with Crippen molar-refractivity contribution in [1.29, 1.82) is 0 Å². The van der Waals surface area contributed by atoms with Crippen LogP contribution in [0.25, 0.3) is 76.3 Å². The van der Waals surface area contributed by atoms with Crippen LogP contribution >= 0.6 is 11.6 Å². The molecule has 0 saturated carbocycles. The van der Waals surface area contributed by atoms with E-state index in [1.54, 1.807) is 138 Å². The minimum atomic E-state index is -0.488. The highest BCUT2D eigenvalue weighted by atomic mass is 35.5. The highest BCUT2D eigenvalue weighted by Gasteiger charge is 2.23. The third-order valence-electron chi connectivity index (χ3n) is 18.2. The van der Waals surface area contributed by atoms with Gasteiger partial charge in [0.1, 0.15) is 43.7 Å². The second-order valence-corrected chi connectivity index (χ2v) is 25.5. The summed E-state index contributed by atoms with van der Waals surface area (Å²) in [6.07, 6.45) is 11.3. The van der Waals surface area contributed by atoms with Crippen molar-refractivity contribution in [2.45, 2.75) is 26.6 Å². The van der Waals surface area contributed by atoms with E-state index < -0.39 is 17.5 Å². The molecule has 0 spiro atoms. The topological polar surface area (TPSA) is 287 Å². The van der Waals surface area contributed by atoms with Crippen LogP contribution < -0.4 is 47.4 Å². The molecule has 9 aromatic carbocycles. The molecule has 0 radical (unpaired) electrons. The lowest BCUT2D eigenvalue weighted by molar-refractivity contribution is -0.130. The molecule has 1 saturated heterocycles. The normalized spacial score (nSPS) is 12.0. The molecule has 16 aromatic rings. The van der Waals surface area contributed by atoms with Gasteiger partial charge in [-0.15, -0.1) is 0 Å². The fraction of sp³-hybridized carbons (Fsp3) is 0.169. The lowest BCUT2D eigenvalue weighted by Gasteiger charge is -2.34. The first-order valence-corrected chi connectivity index (χ1v) is 35.5. The number of phenolic OH excluding ortho intramolecular Hbond substituents is 1. The molecule has 568 valence electrons. The van der Waals surface area contributed by atoms with E-state index >= 15 is 0 Å². The molecule has 1 aliphatic rings. The molecule has 1 aliphatic heterocycles. The first-order chi connectivity index (χ1) is 54.7. The van der Waals surface area contributed by atoms with Crippen LogP contribution in [0.15, 0.2) is 208 Å². The highest BCUT2D eigenvalue weighted by Crippen LogP contribution is 2.42. The Labute approximate surface area is 642 Å². The van der Waals surface area contributed by atoms with Crippen LogP contribution in [0.3, 0.4) is 0 Å². The Morgan fingerprint density at radius 1 is 0.420 bits per heavy atom. The molecule has 29 heteroatoms. The Morgan fingerprint density at radius 2 is 0.795 bits per heavy atom. The van der Waals surface area contributed by atoms with Gasteiger partial charge in [-0.05, 0) is 96.4 Å². The Hall–Kier alpha value is -13.7. The smallest absolute Gasteiger partial charge is 0.230 e. The number of H-pyrrole nitrogens is 3. The molecule has 0 aliphatic carbocycles. The number of nitrogens with one attached hydrogen (secondary N) is 3. The minimum Gasteiger partial charge on any atom is -0.504 e. The van der Waals surface area contributed by atoms with Gasteiger partial charge in [0.05, 0.1) is 73.3 Å². The van der Waals surface area contributed by atoms with Gasteiger partial charge >= 0.3 is 0 Å². The number of hydrogen-bond acceptors (Lipinski definition) is 21. The number of phenols is 1. The number of piperazine rings is 1. The number of aromatic hydroxyl groups is 1. The summed E-state index contributed by atoms with van der Waals surface area (Å²) in [6.45, 7) is 7.03. The number of carbonyl (C=O) groups is 1. The second kappa shape index (κ2) is 34.7. The van der Waals surface area contributed by atoms with E-state index in [1.165, 1.54) is 44.6 Å². The molecule has 1 amide bonds. The van der Waals surface area contributed by atoms with Crippen LogP contribution in [-0.2, 0) is 18.0 Å². The SMILES string of the molecule is COc1cc2ncnc(Cl)c2cc1OCc1ccccc1.COc1cc2ncnc(Oc3ccc4[nH]ccc4c3F)c2cc1O.COc1cc2ncnc(Oc3ccc4[nH]ccc4c3F)c2cc1OCCCN1CCN(C(C)=O)CC1.COc1cc2ncnc(Oc3ccc4[nH]ccc4c3F)c2cc1OCc1ccccc1. The van der Waals surface area contributed by atoms with Crippen molar-refractivity contribution < 1.29 is 70.4 Å². The lowest BCUT2D eigenvalue weighted by atomic mass is 10.2. The van der Waals surface area contributed by atoms with Crippen molar-refractivity contribution in [3.05, 3.63) is 241 Å². The number of hydrogen-bond donors (Lipinski definition) is 4. The van der Waals surface area contributed by atoms with Gasteiger partial charge in [-0.3, -0.25) is 9.69 Å². The monoisotopic (exact) mass is 1530 g/mol. The van der Waals surface area contributed by atoms with Gasteiger partial charge in [0.2, 0.25) is 23.5 Å². The fourth-order valence-corrected chi connectivity index (χ4v) is 12.6. The summed E-state index contributed by atoms with van der Waals surface area (Å²) in [7, 11) is 6.18. The third kappa shape index (κ3) is 17.1. The summed E-state index contributed by atoms with van der Waals surface area (Å²) in [6, 6.07) is 48.2. The first kappa shape index (κ1) is 75.1. The zero-order valence-electron chi connectivity index (χ0n) is 60.9. The number of fused-ring (bicyclic) bond motifs is 7. The summed E-state index contributed by atoms with van der Waals surface area (Å²) in [5, 5.41) is 14.0. The Balaban J connectivity index is 0.000000126. The van der Waals surface area contributed by atoms with Crippen molar-refractivity contribution in [2.24, 2.45) is 0 Å². The molecule has 8 heterocycles. The average Bonchev–Trinajstić information content (AvgIpc) is 1.13. The van der Waals surface area contributed by atoms with E-state index in [0.717, 1.165) is 61.2 Å². The number of ether oxygens (including phenoxy) is 10. The molecule has 0 unspecified atom stereocenters. The average molecular weight is 1540 g/mol. The molecule has 0 atom stereocenters. The molecule has 0 bridgehead atoms. The number of aromatic nitrogens is 11. The molecule has 25 nitrogen and oxygen atoms in total. The number of amides is 1. The number of methoxy groups -OCH3 is 4. The number of aromatic amines is 3. The van der Waals surface area contributed by atoms with Gasteiger partial charge < -0.3 is 72.3 Å². The van der Waals surface area contributed by atoms with Crippen LogP contribution in [-0.4, -0.2) is 143 Å². The summed E-state index contributed by atoms with van der Waals surface area (Å²) in [5.41, 5.74) is 6.58. The molecule has 1 fully saturated rings. The number of rotatable bonds is 21. The van der Waals surface area contributed by atoms with Crippen molar-refractivity contribution in [3.8, 4) is 80.9 Å². The largest absolute Gasteiger partial charge is 0.504 e. The number of nitrogens with zero attached hydrogens (tertiary/aromatic N) is 10. The van der Waals surface area contributed by atoms with E-state index in [1.807, 2.05) is 65.6 Å². The number of halogens is 4. The summed E-state index contributed by atoms with van der Waals surface area (Å²) < 4.78 is 101. The van der Waals surface area contributed by atoms with Gasteiger partial charge in [-0.2, -0.15) is 0 Å². The summed E-state index contributed by atoms with van der Waals surface area (Å²) >= 11 is 6.09. The number of carbonyl (C=O) groups excluding carboxylic acids is 1. The van der Waals surface area contributed by atoms with E-state index in [2.05, 4.69) is 59.7 Å². The van der Waals surface area contributed by atoms with Crippen molar-refractivity contribution in [1.82, 2.24) is 64.6 Å². The van der Waals surface area contributed by atoms with Gasteiger partial charge in [0.25, 0.3) is 0 Å². The Morgan fingerprint density at radius 3 is 1.21 bits per heavy atom. The predicted molar refractivity (Wildman–Crippen MR) is 416 cm³/mol.